The third-order valence-corrected chi connectivity index (χ3v) is 5.02. The van der Waals surface area contributed by atoms with Gasteiger partial charge >= 0.3 is 0 Å². The number of ether oxygens (including phenoxy) is 1. The van der Waals surface area contributed by atoms with E-state index in [4.69, 9.17) is 16.3 Å². The van der Waals surface area contributed by atoms with Gasteiger partial charge in [-0.2, -0.15) is 0 Å². The minimum absolute atomic E-state index is 0.186. The molecule has 26 heavy (non-hydrogen) atoms. The molecule has 1 aliphatic rings. The van der Waals surface area contributed by atoms with Crippen LogP contribution in [0.15, 0.2) is 41.9 Å². The molecule has 1 saturated heterocycles. The van der Waals surface area contributed by atoms with Gasteiger partial charge < -0.3 is 15.0 Å². The van der Waals surface area contributed by atoms with E-state index in [0.717, 1.165) is 68.8 Å². The van der Waals surface area contributed by atoms with Crippen molar-refractivity contribution in [2.75, 3.05) is 53.5 Å². The number of benzene rings is 1. The Morgan fingerprint density at radius 3 is 2.81 bits per heavy atom. The van der Waals surface area contributed by atoms with Crippen molar-refractivity contribution in [3.8, 4) is 0 Å². The van der Waals surface area contributed by atoms with Crippen molar-refractivity contribution in [2.24, 2.45) is 4.99 Å². The lowest BCUT2D eigenvalue weighted by atomic mass is 10.0. The van der Waals surface area contributed by atoms with Crippen molar-refractivity contribution in [1.82, 2.24) is 15.1 Å². The molecule has 0 aromatic heterocycles. The van der Waals surface area contributed by atoms with Crippen LogP contribution in [0.1, 0.15) is 24.4 Å². The maximum atomic E-state index is 6.50. The van der Waals surface area contributed by atoms with E-state index in [0.29, 0.717) is 0 Å². The van der Waals surface area contributed by atoms with E-state index in [1.807, 2.05) is 31.3 Å². The molecule has 1 aromatic carbocycles. The minimum Gasteiger partial charge on any atom is -0.379 e. The lowest BCUT2D eigenvalue weighted by Gasteiger charge is -2.36. The van der Waals surface area contributed by atoms with Crippen molar-refractivity contribution in [3.63, 3.8) is 0 Å². The monoisotopic (exact) mass is 378 g/mol. The molecular formula is C20H31ClN4O. The Balaban J connectivity index is 2.06. The Kier molecular flexibility index (Phi) is 8.95. The van der Waals surface area contributed by atoms with E-state index >= 15 is 0 Å². The van der Waals surface area contributed by atoms with Gasteiger partial charge in [-0.05, 0) is 24.5 Å². The molecule has 0 amide bonds. The molecule has 0 spiro atoms. The second-order valence-electron chi connectivity index (χ2n) is 6.47. The molecule has 1 atom stereocenters. The van der Waals surface area contributed by atoms with Crippen LogP contribution in [0.3, 0.4) is 0 Å². The number of hydrogen-bond acceptors (Lipinski definition) is 3. The van der Waals surface area contributed by atoms with E-state index < -0.39 is 0 Å². The molecule has 5 nitrogen and oxygen atoms in total. The predicted molar refractivity (Wildman–Crippen MR) is 110 cm³/mol. The molecule has 1 aliphatic heterocycles. The van der Waals surface area contributed by atoms with Crippen LogP contribution in [0.25, 0.3) is 0 Å². The number of aliphatic imine (C=N–C) groups is 1. The van der Waals surface area contributed by atoms with Crippen molar-refractivity contribution < 1.29 is 4.74 Å². The molecule has 0 bridgehead atoms. The topological polar surface area (TPSA) is 40.1 Å². The summed E-state index contributed by atoms with van der Waals surface area (Å²) >= 11 is 6.50. The number of morpholine rings is 1. The van der Waals surface area contributed by atoms with Crippen LogP contribution in [0.5, 0.6) is 0 Å². The van der Waals surface area contributed by atoms with Crippen LogP contribution in [0.2, 0.25) is 5.02 Å². The van der Waals surface area contributed by atoms with Crippen LogP contribution in [0, 0.1) is 0 Å². The second kappa shape index (κ2) is 11.2. The SMILES string of the molecule is C=CCCCN(C)C(=NC)NCC(c1ccccc1Cl)N1CCOCC1. The zero-order valence-corrected chi connectivity index (χ0v) is 16.7. The number of rotatable bonds is 8. The molecule has 2 rings (SSSR count). The van der Waals surface area contributed by atoms with Gasteiger partial charge in [0.2, 0.25) is 0 Å². The number of nitrogens with zero attached hydrogens (tertiary/aromatic N) is 3. The second-order valence-corrected chi connectivity index (χ2v) is 6.87. The standard InChI is InChI=1S/C20H31ClN4O/c1-4-5-8-11-24(3)20(22-2)23-16-19(25-12-14-26-15-13-25)17-9-6-7-10-18(17)21/h4,6-7,9-10,19H,1,5,8,11-16H2,2-3H3,(H,22,23). The largest absolute Gasteiger partial charge is 0.379 e. The number of hydrogen-bond donors (Lipinski definition) is 1. The molecule has 6 heteroatoms. The van der Waals surface area contributed by atoms with Gasteiger partial charge in [0.15, 0.2) is 5.96 Å². The quantitative estimate of drug-likeness (QED) is 0.326. The molecule has 1 fully saturated rings. The molecule has 1 aromatic rings. The lowest BCUT2D eigenvalue weighted by Crippen LogP contribution is -2.47. The van der Waals surface area contributed by atoms with Gasteiger partial charge in [0, 0.05) is 45.3 Å². The van der Waals surface area contributed by atoms with Crippen LogP contribution in [-0.2, 0) is 4.74 Å². The fraction of sp³-hybridized carbons (Fsp3) is 0.550. The predicted octanol–water partition coefficient (Wildman–Crippen LogP) is 3.19. The highest BCUT2D eigenvalue weighted by Gasteiger charge is 2.24. The van der Waals surface area contributed by atoms with Gasteiger partial charge in [0.1, 0.15) is 0 Å². The van der Waals surface area contributed by atoms with E-state index in [1.165, 1.54) is 0 Å². The Morgan fingerprint density at radius 2 is 2.15 bits per heavy atom. The summed E-state index contributed by atoms with van der Waals surface area (Å²) in [4.78, 5) is 9.02. The first-order valence-electron chi connectivity index (χ1n) is 9.26. The highest BCUT2D eigenvalue weighted by atomic mass is 35.5. The molecule has 0 radical (unpaired) electrons. The molecular weight excluding hydrogens is 348 g/mol. The number of halogens is 1. The zero-order chi connectivity index (χ0) is 18.8. The third kappa shape index (κ3) is 6.01. The lowest BCUT2D eigenvalue weighted by molar-refractivity contribution is 0.0169. The molecule has 1 N–H and O–H groups in total. The van der Waals surface area contributed by atoms with Gasteiger partial charge in [0.25, 0.3) is 0 Å². The minimum atomic E-state index is 0.186. The van der Waals surface area contributed by atoms with Gasteiger partial charge in [-0.1, -0.05) is 35.9 Å². The van der Waals surface area contributed by atoms with Gasteiger partial charge in [0.05, 0.1) is 19.3 Å². The summed E-state index contributed by atoms with van der Waals surface area (Å²) in [5, 5.41) is 4.33. The van der Waals surface area contributed by atoms with Gasteiger partial charge in [-0.3, -0.25) is 9.89 Å². The van der Waals surface area contributed by atoms with Gasteiger partial charge in [-0.25, -0.2) is 0 Å². The number of unbranched alkanes of at least 4 members (excludes halogenated alkanes) is 1. The smallest absolute Gasteiger partial charge is 0.193 e. The van der Waals surface area contributed by atoms with Crippen molar-refractivity contribution in [1.29, 1.82) is 0 Å². The summed E-state index contributed by atoms with van der Waals surface area (Å²) in [5.74, 6) is 0.902. The molecule has 0 aliphatic carbocycles. The summed E-state index contributed by atoms with van der Waals surface area (Å²) in [6.45, 7) is 8.82. The summed E-state index contributed by atoms with van der Waals surface area (Å²) in [6.07, 6.45) is 4.03. The Morgan fingerprint density at radius 1 is 1.42 bits per heavy atom. The Labute approximate surface area is 162 Å². The molecule has 0 saturated carbocycles. The van der Waals surface area contributed by atoms with E-state index in [9.17, 15) is 0 Å². The summed E-state index contributed by atoms with van der Waals surface area (Å²) < 4.78 is 5.52. The first-order chi connectivity index (χ1) is 12.7. The molecule has 144 valence electrons. The number of allylic oxidation sites excluding steroid dienone is 1. The average Bonchev–Trinajstić information content (AvgIpc) is 2.67. The average molecular weight is 379 g/mol. The molecule has 1 heterocycles. The van der Waals surface area contributed by atoms with Crippen molar-refractivity contribution in [2.45, 2.75) is 18.9 Å². The van der Waals surface area contributed by atoms with Crippen LogP contribution in [0.4, 0.5) is 0 Å². The zero-order valence-electron chi connectivity index (χ0n) is 16.0. The fourth-order valence-corrected chi connectivity index (χ4v) is 3.48. The van der Waals surface area contributed by atoms with Crippen LogP contribution in [-0.4, -0.2) is 69.2 Å². The van der Waals surface area contributed by atoms with Crippen LogP contribution >= 0.6 is 11.6 Å². The highest BCUT2D eigenvalue weighted by Crippen LogP contribution is 2.27. The van der Waals surface area contributed by atoms with Gasteiger partial charge in [-0.15, -0.1) is 6.58 Å². The Hall–Kier alpha value is -1.56. The Bertz CT molecular complexity index is 587. The van der Waals surface area contributed by atoms with Crippen molar-refractivity contribution in [3.05, 3.63) is 47.5 Å². The normalized spacial score (nSPS) is 17.0. The molecule has 1 unspecified atom stereocenters. The first-order valence-corrected chi connectivity index (χ1v) is 9.64. The summed E-state index contributed by atoms with van der Waals surface area (Å²) in [6, 6.07) is 8.28. The third-order valence-electron chi connectivity index (χ3n) is 4.68. The van der Waals surface area contributed by atoms with Crippen LogP contribution < -0.4 is 5.32 Å². The maximum absolute atomic E-state index is 6.50. The van der Waals surface area contributed by atoms with E-state index in [-0.39, 0.29) is 6.04 Å². The first kappa shape index (κ1) is 20.7. The summed E-state index contributed by atoms with van der Waals surface area (Å²) in [5.41, 5.74) is 1.15. The number of nitrogens with one attached hydrogen (secondary N) is 1. The number of guanidine groups is 1. The highest BCUT2D eigenvalue weighted by molar-refractivity contribution is 6.31. The maximum Gasteiger partial charge on any atom is 0.193 e. The van der Waals surface area contributed by atoms with E-state index in [2.05, 4.69) is 39.8 Å². The van der Waals surface area contributed by atoms with E-state index in [1.54, 1.807) is 0 Å². The van der Waals surface area contributed by atoms with Crippen molar-refractivity contribution >= 4 is 17.6 Å². The fourth-order valence-electron chi connectivity index (χ4n) is 3.22. The summed E-state index contributed by atoms with van der Waals surface area (Å²) in [7, 11) is 3.89.